The lowest BCUT2D eigenvalue weighted by molar-refractivity contribution is 0.621. The van der Waals surface area contributed by atoms with E-state index in [-0.39, 0.29) is 0 Å². The van der Waals surface area contributed by atoms with E-state index in [1.165, 1.54) is 0 Å². The van der Waals surface area contributed by atoms with Gasteiger partial charge in [0.2, 0.25) is 0 Å². The summed E-state index contributed by atoms with van der Waals surface area (Å²) in [6.45, 7) is 4.15. The Labute approximate surface area is 57.2 Å². The molecule has 1 nitrogen and oxygen atoms in total. The maximum absolute atomic E-state index is 10.4. The van der Waals surface area contributed by atoms with Crippen LogP contribution in [0.4, 0.5) is 0 Å². The molecule has 0 saturated heterocycles. The normalized spacial score (nSPS) is 17.8. The van der Waals surface area contributed by atoms with Gasteiger partial charge in [0, 0.05) is 15.1 Å². The standard InChI is InChI=1S/C5H12OS2/c1-3-5(2)4-8(6)7/h5,8H,3-4H2,1-2H3. The van der Waals surface area contributed by atoms with Crippen LogP contribution in [-0.2, 0) is 20.5 Å². The highest BCUT2D eigenvalue weighted by Crippen LogP contribution is 1.98. The lowest BCUT2D eigenvalue weighted by Crippen LogP contribution is -1.99. The topological polar surface area (TPSA) is 17.1 Å². The monoisotopic (exact) mass is 152 g/mol. The van der Waals surface area contributed by atoms with Crippen LogP contribution in [0, 0.1) is 5.92 Å². The molecule has 3 heteroatoms. The van der Waals surface area contributed by atoms with Crippen LogP contribution in [0.2, 0.25) is 0 Å². The molecule has 0 aromatic heterocycles. The summed E-state index contributed by atoms with van der Waals surface area (Å²) in [5.74, 6) is 1.25. The molecule has 0 heterocycles. The van der Waals surface area contributed by atoms with Crippen molar-refractivity contribution >= 4 is 20.5 Å². The summed E-state index contributed by atoms with van der Waals surface area (Å²) >= 11 is 4.53. The van der Waals surface area contributed by atoms with Crippen LogP contribution >= 0.6 is 0 Å². The number of hydrogen-bond acceptors (Lipinski definition) is 2. The molecule has 0 aromatic carbocycles. The SMILES string of the molecule is CCC(C)C[SH](=O)=S. The molecule has 0 aromatic rings. The van der Waals surface area contributed by atoms with Gasteiger partial charge < -0.3 is 0 Å². The van der Waals surface area contributed by atoms with E-state index in [0.717, 1.165) is 6.42 Å². The second kappa shape index (κ2) is 4.27. The van der Waals surface area contributed by atoms with Gasteiger partial charge in [-0.2, -0.15) is 0 Å². The van der Waals surface area contributed by atoms with Gasteiger partial charge in [-0.05, 0) is 17.1 Å². The molecule has 0 aliphatic carbocycles. The Morgan fingerprint density at radius 1 is 1.75 bits per heavy atom. The number of thiol groups is 1. The van der Waals surface area contributed by atoms with Crippen molar-refractivity contribution in [2.75, 3.05) is 5.75 Å². The molecule has 0 spiro atoms. The van der Waals surface area contributed by atoms with Crippen LogP contribution < -0.4 is 0 Å². The van der Waals surface area contributed by atoms with Crippen LogP contribution in [0.15, 0.2) is 0 Å². The van der Waals surface area contributed by atoms with Gasteiger partial charge in [0.1, 0.15) is 0 Å². The van der Waals surface area contributed by atoms with Crippen molar-refractivity contribution in [2.45, 2.75) is 20.3 Å². The summed E-state index contributed by atoms with van der Waals surface area (Å²) in [6.07, 6.45) is 1.08. The van der Waals surface area contributed by atoms with Crippen LogP contribution in [0.3, 0.4) is 0 Å². The summed E-state index contributed by atoms with van der Waals surface area (Å²) in [5.41, 5.74) is 0. The highest BCUT2D eigenvalue weighted by atomic mass is 32.8. The third-order valence-electron chi connectivity index (χ3n) is 1.16. The average Bonchev–Trinajstić information content (AvgIpc) is 1.65. The highest BCUT2D eigenvalue weighted by Gasteiger charge is 1.95. The third-order valence-corrected chi connectivity index (χ3v) is 2.53. The Hall–Kier alpha value is 0.370. The first kappa shape index (κ1) is 8.37. The molecule has 8 heavy (non-hydrogen) atoms. The quantitative estimate of drug-likeness (QED) is 0.607. The molecule has 2 atom stereocenters. The van der Waals surface area contributed by atoms with Crippen LogP contribution in [0.25, 0.3) is 0 Å². The molecular weight excluding hydrogens is 140 g/mol. The Balaban J connectivity index is 3.39. The Morgan fingerprint density at radius 2 is 2.25 bits per heavy atom. The van der Waals surface area contributed by atoms with Gasteiger partial charge in [-0.1, -0.05) is 20.3 Å². The molecule has 0 fully saturated rings. The smallest absolute Gasteiger partial charge is 0.0257 e. The summed E-state index contributed by atoms with van der Waals surface area (Å²) < 4.78 is 10.4. The van der Waals surface area contributed by atoms with Gasteiger partial charge >= 0.3 is 0 Å². The number of hydrogen-bond donors (Lipinski definition) is 1. The van der Waals surface area contributed by atoms with Gasteiger partial charge in [-0.3, -0.25) is 4.21 Å². The first-order chi connectivity index (χ1) is 3.66. The molecule has 0 rings (SSSR count). The maximum Gasteiger partial charge on any atom is 0.0257 e. The van der Waals surface area contributed by atoms with Crippen LogP contribution in [-0.4, -0.2) is 9.96 Å². The minimum atomic E-state index is -1.31. The van der Waals surface area contributed by atoms with E-state index in [9.17, 15) is 4.21 Å². The zero-order valence-corrected chi connectivity index (χ0v) is 6.97. The lowest BCUT2D eigenvalue weighted by atomic mass is 10.2. The molecule has 0 bridgehead atoms. The number of rotatable bonds is 3. The van der Waals surface area contributed by atoms with Crippen molar-refractivity contribution < 1.29 is 4.21 Å². The van der Waals surface area contributed by atoms with Crippen molar-refractivity contribution in [3.63, 3.8) is 0 Å². The summed E-state index contributed by atoms with van der Waals surface area (Å²) in [4.78, 5) is 0. The molecule has 0 aliphatic heterocycles. The maximum atomic E-state index is 10.4. The fourth-order valence-corrected chi connectivity index (χ4v) is 1.91. The summed E-state index contributed by atoms with van der Waals surface area (Å²) in [6, 6.07) is 0. The van der Waals surface area contributed by atoms with Crippen molar-refractivity contribution in [3.8, 4) is 0 Å². The minimum absolute atomic E-state index is 0.538. The van der Waals surface area contributed by atoms with E-state index >= 15 is 0 Å². The fraction of sp³-hybridized carbons (Fsp3) is 1.00. The predicted molar refractivity (Wildman–Crippen MR) is 41.2 cm³/mol. The van der Waals surface area contributed by atoms with Crippen LogP contribution in [0.5, 0.6) is 0 Å². The van der Waals surface area contributed by atoms with Gasteiger partial charge in [0.05, 0.1) is 0 Å². The van der Waals surface area contributed by atoms with Gasteiger partial charge in [-0.25, -0.2) is 0 Å². The van der Waals surface area contributed by atoms with E-state index < -0.39 is 9.36 Å². The van der Waals surface area contributed by atoms with E-state index in [1.807, 2.05) is 0 Å². The van der Waals surface area contributed by atoms with E-state index in [1.54, 1.807) is 0 Å². The largest absolute Gasteiger partial charge is 0.260 e. The fourth-order valence-electron chi connectivity index (χ4n) is 0.384. The van der Waals surface area contributed by atoms with Crippen molar-refractivity contribution in [3.05, 3.63) is 0 Å². The Kier molecular flexibility index (Phi) is 4.47. The molecule has 0 saturated carbocycles. The van der Waals surface area contributed by atoms with Crippen molar-refractivity contribution in [2.24, 2.45) is 5.92 Å². The van der Waals surface area contributed by atoms with Gasteiger partial charge in [0.25, 0.3) is 0 Å². The lowest BCUT2D eigenvalue weighted by Gasteiger charge is -1.99. The Bertz CT molecular complexity index is 110. The first-order valence-corrected chi connectivity index (χ1v) is 5.24. The van der Waals surface area contributed by atoms with Crippen molar-refractivity contribution in [1.29, 1.82) is 0 Å². The first-order valence-electron chi connectivity index (χ1n) is 2.78. The van der Waals surface area contributed by atoms with Gasteiger partial charge in [-0.15, -0.1) is 0 Å². The molecule has 50 valence electrons. The second-order valence-electron chi connectivity index (χ2n) is 2.03. The van der Waals surface area contributed by atoms with Crippen LogP contribution in [0.1, 0.15) is 20.3 Å². The second-order valence-corrected chi connectivity index (χ2v) is 4.28. The zero-order valence-electron chi connectivity index (χ0n) is 5.26. The Morgan fingerprint density at radius 3 is 2.38 bits per heavy atom. The summed E-state index contributed by atoms with van der Waals surface area (Å²) in [5, 5.41) is 0. The predicted octanol–water partition coefficient (Wildman–Crippen LogP) is 0.975. The highest BCUT2D eigenvalue weighted by molar-refractivity contribution is 8.21. The van der Waals surface area contributed by atoms with Crippen molar-refractivity contribution in [1.82, 2.24) is 0 Å². The summed E-state index contributed by atoms with van der Waals surface area (Å²) in [7, 11) is -1.31. The van der Waals surface area contributed by atoms with Gasteiger partial charge in [0.15, 0.2) is 0 Å². The van der Waals surface area contributed by atoms with E-state index in [0.29, 0.717) is 11.7 Å². The molecule has 0 aliphatic rings. The van der Waals surface area contributed by atoms with E-state index in [4.69, 9.17) is 0 Å². The average molecular weight is 152 g/mol. The minimum Gasteiger partial charge on any atom is -0.260 e. The molecular formula is C5H12OS2. The third kappa shape index (κ3) is 4.53. The molecule has 2 unspecified atom stereocenters. The molecule has 0 radical (unpaired) electrons. The zero-order chi connectivity index (χ0) is 6.57. The molecule has 0 N–H and O–H groups in total. The van der Waals surface area contributed by atoms with E-state index in [2.05, 4.69) is 25.0 Å². The molecule has 0 amide bonds.